The molecule has 1 rings (SSSR count). The molecule has 0 aromatic rings. The maximum absolute atomic E-state index is 14.0. The molecule has 0 aromatic carbocycles. The smallest absolute Gasteiger partial charge is 0.398 e. The number of hydrogen-bond donors (Lipinski definition) is 1. The van der Waals surface area contributed by atoms with Gasteiger partial charge in [-0.2, -0.15) is 13.2 Å². The van der Waals surface area contributed by atoms with E-state index in [-0.39, 0.29) is 0 Å². The quantitative estimate of drug-likeness (QED) is 0.626. The molecule has 0 spiro atoms. The van der Waals surface area contributed by atoms with Crippen molar-refractivity contribution in [3.8, 4) is 0 Å². The first kappa shape index (κ1) is 16.5. The Bertz CT molecular complexity index is 375. The number of alkyl halides is 3. The number of rotatable bonds is 2. The first-order valence-corrected chi connectivity index (χ1v) is 5.87. The predicted octanol–water partition coefficient (Wildman–Crippen LogP) is 2.75. The molecule has 0 aliphatic carbocycles. The van der Waals surface area contributed by atoms with Gasteiger partial charge in [0.1, 0.15) is 5.73 Å². The number of hydrogen-bond acceptors (Lipinski definition) is 3. The molecule has 0 radical (unpaired) electrons. The van der Waals surface area contributed by atoms with E-state index in [1.54, 1.807) is 27.7 Å². The Morgan fingerprint density at radius 3 is 1.74 bits per heavy atom. The second-order valence-corrected chi connectivity index (χ2v) is 5.64. The van der Waals surface area contributed by atoms with Gasteiger partial charge in [-0.05, 0) is 34.6 Å². The molecule has 1 heterocycles. The van der Waals surface area contributed by atoms with Gasteiger partial charge in [-0.3, -0.25) is 0 Å². The molecule has 1 fully saturated rings. The minimum atomic E-state index is -4.86. The third-order valence-electron chi connectivity index (χ3n) is 3.48. The van der Waals surface area contributed by atoms with Crippen molar-refractivity contribution >= 4 is 7.12 Å². The zero-order valence-electron chi connectivity index (χ0n) is 11.6. The van der Waals surface area contributed by atoms with Crippen LogP contribution in [0.3, 0.4) is 0 Å². The van der Waals surface area contributed by atoms with Crippen LogP contribution in [0.1, 0.15) is 34.6 Å². The van der Waals surface area contributed by atoms with Crippen LogP contribution in [-0.4, -0.2) is 30.5 Å². The summed E-state index contributed by atoms with van der Waals surface area (Å²) in [6, 6.07) is -1.50. The highest BCUT2D eigenvalue weighted by Gasteiger charge is 2.55. The van der Waals surface area contributed by atoms with Crippen molar-refractivity contribution < 1.29 is 26.9 Å². The van der Waals surface area contributed by atoms with E-state index in [4.69, 9.17) is 15.0 Å². The van der Waals surface area contributed by atoms with Gasteiger partial charge in [0, 0.05) is 6.04 Å². The van der Waals surface area contributed by atoms with Gasteiger partial charge in [0.2, 0.25) is 0 Å². The van der Waals surface area contributed by atoms with Crippen LogP contribution in [0, 0.1) is 0 Å². The molecule has 1 aliphatic heterocycles. The molecule has 110 valence electrons. The van der Waals surface area contributed by atoms with Crippen molar-refractivity contribution in [2.75, 3.05) is 0 Å². The number of nitrogens with two attached hydrogens (primary N) is 1. The van der Waals surface area contributed by atoms with E-state index in [0.29, 0.717) is 0 Å². The van der Waals surface area contributed by atoms with Crippen LogP contribution >= 0.6 is 0 Å². The van der Waals surface area contributed by atoms with Crippen LogP contribution < -0.4 is 5.73 Å². The van der Waals surface area contributed by atoms with E-state index in [1.165, 1.54) is 0 Å². The van der Waals surface area contributed by atoms with E-state index in [0.717, 1.165) is 6.92 Å². The maximum atomic E-state index is 14.0. The Labute approximate surface area is 110 Å². The zero-order valence-corrected chi connectivity index (χ0v) is 11.6. The molecule has 0 amide bonds. The van der Waals surface area contributed by atoms with Gasteiger partial charge >= 0.3 is 13.3 Å². The predicted molar refractivity (Wildman–Crippen MR) is 63.9 cm³/mol. The van der Waals surface area contributed by atoms with Crippen LogP contribution in [0.25, 0.3) is 0 Å². The number of halogens is 4. The third-order valence-corrected chi connectivity index (χ3v) is 3.48. The molecule has 1 atom stereocenters. The fraction of sp³-hybridized carbons (Fsp3) is 0.818. The Balaban J connectivity index is 3.17. The van der Waals surface area contributed by atoms with Gasteiger partial charge in [0.25, 0.3) is 0 Å². The summed E-state index contributed by atoms with van der Waals surface area (Å²) in [5.74, 6) is 0. The average molecular weight is 283 g/mol. The van der Waals surface area contributed by atoms with Gasteiger partial charge in [-0.15, -0.1) is 0 Å². The molecule has 8 heteroatoms. The van der Waals surface area contributed by atoms with Crippen LogP contribution in [0.15, 0.2) is 11.3 Å². The van der Waals surface area contributed by atoms with Gasteiger partial charge in [0.05, 0.1) is 16.8 Å². The Hall–Kier alpha value is -0.595. The Morgan fingerprint density at radius 1 is 1.11 bits per heavy atom. The van der Waals surface area contributed by atoms with E-state index in [9.17, 15) is 17.6 Å². The monoisotopic (exact) mass is 283 g/mol. The van der Waals surface area contributed by atoms with Crippen molar-refractivity contribution in [1.29, 1.82) is 0 Å². The van der Waals surface area contributed by atoms with Crippen molar-refractivity contribution in [1.82, 2.24) is 0 Å². The molecule has 0 aromatic heterocycles. The minimum absolute atomic E-state index is 0.913. The van der Waals surface area contributed by atoms with Crippen molar-refractivity contribution in [2.45, 2.75) is 58.0 Å². The van der Waals surface area contributed by atoms with Crippen molar-refractivity contribution in [2.24, 2.45) is 5.73 Å². The maximum Gasteiger partial charge on any atom is 0.525 e. The van der Waals surface area contributed by atoms with Gasteiger partial charge in [-0.25, -0.2) is 4.39 Å². The van der Waals surface area contributed by atoms with Gasteiger partial charge in [-0.1, -0.05) is 0 Å². The lowest BCUT2D eigenvalue weighted by atomic mass is 9.83. The standard InChI is InChI=1S/C11H18BF4NO2/c1-6(17)7(11(14,15)16)8(13)12-18-9(2,3)10(4,5)19-12/h6H,17H2,1-5H3. The summed E-state index contributed by atoms with van der Waals surface area (Å²) >= 11 is 0. The molecule has 0 bridgehead atoms. The Kier molecular flexibility index (Phi) is 4.11. The second kappa shape index (κ2) is 4.75. The van der Waals surface area contributed by atoms with E-state index in [1.807, 2.05) is 0 Å². The molecule has 3 nitrogen and oxygen atoms in total. The first-order chi connectivity index (χ1) is 8.29. The van der Waals surface area contributed by atoms with Gasteiger partial charge in [0.15, 0.2) is 0 Å². The fourth-order valence-corrected chi connectivity index (χ4v) is 1.68. The Morgan fingerprint density at radius 2 is 1.47 bits per heavy atom. The van der Waals surface area contributed by atoms with Crippen LogP contribution in [-0.2, 0) is 9.31 Å². The molecule has 0 saturated carbocycles. The SMILES string of the molecule is CC(N)C(=C(F)B1OC(C)(C)C(C)(C)O1)C(F)(F)F. The minimum Gasteiger partial charge on any atom is -0.398 e. The first-order valence-electron chi connectivity index (χ1n) is 5.87. The topological polar surface area (TPSA) is 44.5 Å². The summed E-state index contributed by atoms with van der Waals surface area (Å²) < 4.78 is 62.8. The van der Waals surface area contributed by atoms with Crippen molar-refractivity contribution in [3.05, 3.63) is 11.3 Å². The molecular formula is C11H18BF4NO2. The summed E-state index contributed by atoms with van der Waals surface area (Å²) in [6.45, 7) is 7.56. The van der Waals surface area contributed by atoms with E-state index in [2.05, 4.69) is 0 Å². The molecular weight excluding hydrogens is 265 g/mol. The van der Waals surface area contributed by atoms with E-state index >= 15 is 0 Å². The molecule has 2 N–H and O–H groups in total. The highest BCUT2D eigenvalue weighted by Crippen LogP contribution is 2.41. The summed E-state index contributed by atoms with van der Waals surface area (Å²) in [5.41, 5.74) is 0.406. The lowest BCUT2D eigenvalue weighted by molar-refractivity contribution is -0.0967. The molecule has 19 heavy (non-hydrogen) atoms. The summed E-state index contributed by atoms with van der Waals surface area (Å²) in [7, 11) is -1.69. The van der Waals surface area contributed by atoms with E-state index < -0.39 is 41.8 Å². The highest BCUT2D eigenvalue weighted by atomic mass is 19.4. The largest absolute Gasteiger partial charge is 0.525 e. The summed E-state index contributed by atoms with van der Waals surface area (Å²) in [6.07, 6.45) is -4.86. The average Bonchev–Trinajstić information content (AvgIpc) is 2.32. The second-order valence-electron chi connectivity index (χ2n) is 5.64. The van der Waals surface area contributed by atoms with Crippen LogP contribution in [0.2, 0.25) is 0 Å². The summed E-state index contributed by atoms with van der Waals surface area (Å²) in [5, 5.41) is 0. The lowest BCUT2D eigenvalue weighted by Crippen LogP contribution is -2.41. The van der Waals surface area contributed by atoms with Crippen molar-refractivity contribution in [3.63, 3.8) is 0 Å². The normalized spacial score (nSPS) is 25.3. The molecule has 1 aliphatic rings. The summed E-state index contributed by atoms with van der Waals surface area (Å²) in [4.78, 5) is 0. The third kappa shape index (κ3) is 3.12. The fourth-order valence-electron chi connectivity index (χ4n) is 1.68. The molecule has 1 unspecified atom stereocenters. The van der Waals surface area contributed by atoms with Crippen LogP contribution in [0.4, 0.5) is 17.6 Å². The molecule has 1 saturated heterocycles. The zero-order chi connectivity index (χ0) is 15.2. The van der Waals surface area contributed by atoms with Gasteiger partial charge < -0.3 is 15.0 Å². The van der Waals surface area contributed by atoms with Crippen LogP contribution in [0.5, 0.6) is 0 Å². The highest BCUT2D eigenvalue weighted by molar-refractivity contribution is 6.54. The lowest BCUT2D eigenvalue weighted by Gasteiger charge is -2.32.